The lowest BCUT2D eigenvalue weighted by Crippen LogP contribution is -2.61. The van der Waals surface area contributed by atoms with E-state index in [1.807, 2.05) is 0 Å². The molecule has 0 aromatic rings. The van der Waals surface area contributed by atoms with Gasteiger partial charge in [-0.3, -0.25) is 4.79 Å². The molecule has 2 fully saturated rings. The SMILES string of the molecule is O=C1N[C@@H](C(=O)O)[C@@H]2CC[C@H]1N2. The molecule has 0 radical (unpaired) electrons. The van der Waals surface area contributed by atoms with E-state index in [2.05, 4.69) is 10.6 Å². The van der Waals surface area contributed by atoms with Crippen molar-refractivity contribution in [2.75, 3.05) is 0 Å². The molecule has 2 aliphatic heterocycles. The Bertz CT molecular complexity index is 241. The lowest BCUT2D eigenvalue weighted by Gasteiger charge is -2.27. The minimum absolute atomic E-state index is 0.0785. The first-order valence-electron chi connectivity index (χ1n) is 3.98. The third-order valence-electron chi connectivity index (χ3n) is 2.46. The molecule has 1 amide bonds. The summed E-state index contributed by atoms with van der Waals surface area (Å²) >= 11 is 0. The molecule has 0 aromatic carbocycles. The average molecular weight is 170 g/mol. The summed E-state index contributed by atoms with van der Waals surface area (Å²) < 4.78 is 0. The Hall–Kier alpha value is -1.10. The number of carbonyl (C=O) groups excluding carboxylic acids is 1. The van der Waals surface area contributed by atoms with Gasteiger partial charge in [0.15, 0.2) is 0 Å². The van der Waals surface area contributed by atoms with E-state index in [0.717, 1.165) is 12.8 Å². The normalized spacial score (nSPS) is 39.3. The van der Waals surface area contributed by atoms with Crippen molar-refractivity contribution in [1.29, 1.82) is 0 Å². The van der Waals surface area contributed by atoms with Gasteiger partial charge in [0.25, 0.3) is 0 Å². The Balaban J connectivity index is 2.17. The van der Waals surface area contributed by atoms with Gasteiger partial charge in [-0.1, -0.05) is 0 Å². The van der Waals surface area contributed by atoms with Gasteiger partial charge < -0.3 is 15.7 Å². The predicted molar refractivity (Wildman–Crippen MR) is 39.5 cm³/mol. The van der Waals surface area contributed by atoms with Crippen LogP contribution in [0, 0.1) is 0 Å². The molecule has 12 heavy (non-hydrogen) atoms. The van der Waals surface area contributed by atoms with Crippen molar-refractivity contribution >= 4 is 11.9 Å². The fourth-order valence-electron chi connectivity index (χ4n) is 1.83. The summed E-state index contributed by atoms with van der Waals surface area (Å²) in [4.78, 5) is 21.8. The van der Waals surface area contributed by atoms with Crippen molar-refractivity contribution in [1.82, 2.24) is 10.6 Å². The maximum atomic E-state index is 11.1. The Morgan fingerprint density at radius 1 is 1.50 bits per heavy atom. The van der Waals surface area contributed by atoms with Gasteiger partial charge in [0, 0.05) is 6.04 Å². The van der Waals surface area contributed by atoms with E-state index in [0.29, 0.717) is 0 Å². The number of carboxylic acid groups (broad SMARTS) is 1. The highest BCUT2D eigenvalue weighted by molar-refractivity contribution is 5.89. The Morgan fingerprint density at radius 2 is 2.25 bits per heavy atom. The summed E-state index contributed by atoms with van der Waals surface area (Å²) in [5, 5.41) is 14.2. The summed E-state index contributed by atoms with van der Waals surface area (Å²) in [7, 11) is 0. The molecule has 2 saturated heterocycles. The van der Waals surface area contributed by atoms with Crippen LogP contribution in [-0.2, 0) is 9.59 Å². The molecule has 2 rings (SSSR count). The maximum absolute atomic E-state index is 11.1. The maximum Gasteiger partial charge on any atom is 0.327 e. The van der Waals surface area contributed by atoms with Crippen LogP contribution in [-0.4, -0.2) is 35.1 Å². The minimum atomic E-state index is -0.957. The van der Waals surface area contributed by atoms with E-state index in [1.165, 1.54) is 0 Å². The van der Waals surface area contributed by atoms with E-state index in [4.69, 9.17) is 5.11 Å². The number of fused-ring (bicyclic) bond motifs is 2. The molecular formula is C7H10N2O3. The highest BCUT2D eigenvalue weighted by atomic mass is 16.4. The lowest BCUT2D eigenvalue weighted by atomic mass is 10.1. The lowest BCUT2D eigenvalue weighted by molar-refractivity contribution is -0.144. The zero-order chi connectivity index (χ0) is 8.72. The van der Waals surface area contributed by atoms with Crippen molar-refractivity contribution in [3.8, 4) is 0 Å². The molecule has 2 aliphatic rings. The Morgan fingerprint density at radius 3 is 2.92 bits per heavy atom. The second-order valence-corrected chi connectivity index (χ2v) is 3.23. The van der Waals surface area contributed by atoms with Crippen LogP contribution in [0.4, 0.5) is 0 Å². The molecule has 0 unspecified atom stereocenters. The number of carboxylic acids is 1. The fraction of sp³-hybridized carbons (Fsp3) is 0.714. The van der Waals surface area contributed by atoms with Crippen LogP contribution in [0.3, 0.4) is 0 Å². The van der Waals surface area contributed by atoms with Crippen molar-refractivity contribution in [3.63, 3.8) is 0 Å². The number of nitrogens with one attached hydrogen (secondary N) is 2. The molecular weight excluding hydrogens is 160 g/mol. The number of amides is 1. The number of aliphatic carboxylic acids is 1. The second kappa shape index (κ2) is 2.45. The van der Waals surface area contributed by atoms with Crippen molar-refractivity contribution in [2.24, 2.45) is 0 Å². The second-order valence-electron chi connectivity index (χ2n) is 3.23. The molecule has 66 valence electrons. The van der Waals surface area contributed by atoms with Gasteiger partial charge in [0.05, 0.1) is 6.04 Å². The molecule has 2 bridgehead atoms. The highest BCUT2D eigenvalue weighted by Gasteiger charge is 2.43. The van der Waals surface area contributed by atoms with Crippen LogP contribution < -0.4 is 10.6 Å². The predicted octanol–water partition coefficient (Wildman–Crippen LogP) is -1.31. The average Bonchev–Trinajstić information content (AvgIpc) is 2.42. The van der Waals surface area contributed by atoms with E-state index in [1.54, 1.807) is 0 Å². The smallest absolute Gasteiger partial charge is 0.327 e. The third-order valence-corrected chi connectivity index (χ3v) is 2.46. The van der Waals surface area contributed by atoms with Crippen molar-refractivity contribution in [2.45, 2.75) is 31.0 Å². The van der Waals surface area contributed by atoms with E-state index in [9.17, 15) is 9.59 Å². The quantitative estimate of drug-likeness (QED) is 0.456. The summed E-state index contributed by atoms with van der Waals surface area (Å²) in [5.41, 5.74) is 0. The van der Waals surface area contributed by atoms with Crippen molar-refractivity contribution < 1.29 is 14.7 Å². The number of hydrogen-bond donors (Lipinski definition) is 3. The first-order chi connectivity index (χ1) is 5.68. The van der Waals surface area contributed by atoms with Crippen LogP contribution in [0.2, 0.25) is 0 Å². The molecule has 0 saturated carbocycles. The highest BCUT2D eigenvalue weighted by Crippen LogP contribution is 2.20. The van der Waals surface area contributed by atoms with Gasteiger partial charge in [-0.05, 0) is 12.8 Å². The number of hydrogen-bond acceptors (Lipinski definition) is 3. The van der Waals surface area contributed by atoms with E-state index < -0.39 is 12.0 Å². The summed E-state index contributed by atoms with van der Waals surface area (Å²) in [5.74, 6) is -1.14. The van der Waals surface area contributed by atoms with Gasteiger partial charge in [-0.2, -0.15) is 0 Å². The Labute approximate surface area is 69.1 Å². The van der Waals surface area contributed by atoms with Crippen LogP contribution >= 0.6 is 0 Å². The van der Waals surface area contributed by atoms with Crippen LogP contribution in [0.5, 0.6) is 0 Å². The standard InChI is InChI=1S/C7H10N2O3/c10-6-4-2-1-3(8-4)5(9-6)7(11)12/h3-5,8H,1-2H2,(H,9,10)(H,11,12)/t3-,4+,5+/m0/s1. The summed E-state index contributed by atoms with van der Waals surface area (Å²) in [6.45, 7) is 0. The topological polar surface area (TPSA) is 78.4 Å². The molecule has 0 aliphatic carbocycles. The van der Waals surface area contributed by atoms with Gasteiger partial charge in [0.2, 0.25) is 5.91 Å². The first kappa shape index (κ1) is 7.54. The zero-order valence-electron chi connectivity index (χ0n) is 6.41. The van der Waals surface area contributed by atoms with Crippen LogP contribution in [0.1, 0.15) is 12.8 Å². The summed E-state index contributed by atoms with van der Waals surface area (Å²) in [6.07, 6.45) is 1.51. The van der Waals surface area contributed by atoms with Crippen LogP contribution in [0.15, 0.2) is 0 Å². The van der Waals surface area contributed by atoms with Crippen molar-refractivity contribution in [3.05, 3.63) is 0 Å². The molecule has 0 spiro atoms. The number of piperazine rings is 1. The molecule has 0 aromatic heterocycles. The minimum Gasteiger partial charge on any atom is -0.480 e. The number of carbonyl (C=O) groups is 2. The van der Waals surface area contributed by atoms with Gasteiger partial charge in [-0.15, -0.1) is 0 Å². The van der Waals surface area contributed by atoms with E-state index >= 15 is 0 Å². The van der Waals surface area contributed by atoms with Crippen LogP contribution in [0.25, 0.3) is 0 Å². The first-order valence-corrected chi connectivity index (χ1v) is 3.98. The zero-order valence-corrected chi connectivity index (χ0v) is 6.41. The van der Waals surface area contributed by atoms with Gasteiger partial charge >= 0.3 is 5.97 Å². The molecule has 3 N–H and O–H groups in total. The molecule has 5 heteroatoms. The molecule has 3 atom stereocenters. The van der Waals surface area contributed by atoms with Gasteiger partial charge in [-0.25, -0.2) is 4.79 Å². The third kappa shape index (κ3) is 0.972. The summed E-state index contributed by atoms with van der Waals surface area (Å²) in [6, 6.07) is -0.980. The fourth-order valence-corrected chi connectivity index (χ4v) is 1.83. The van der Waals surface area contributed by atoms with Gasteiger partial charge in [0.1, 0.15) is 6.04 Å². The molecule has 2 heterocycles. The molecule has 5 nitrogen and oxygen atoms in total. The number of rotatable bonds is 1. The van der Waals surface area contributed by atoms with E-state index in [-0.39, 0.29) is 18.0 Å². The monoisotopic (exact) mass is 170 g/mol. The largest absolute Gasteiger partial charge is 0.480 e. The Kier molecular flexibility index (Phi) is 1.54.